The summed E-state index contributed by atoms with van der Waals surface area (Å²) >= 11 is 7.65. The summed E-state index contributed by atoms with van der Waals surface area (Å²) in [6, 6.07) is 4.78. The van der Waals surface area contributed by atoms with E-state index in [0.29, 0.717) is 12.6 Å². The highest BCUT2D eigenvalue weighted by molar-refractivity contribution is 7.16. The Kier molecular flexibility index (Phi) is 6.60. The van der Waals surface area contributed by atoms with Gasteiger partial charge < -0.3 is 10.6 Å². The third-order valence-corrected chi connectivity index (χ3v) is 4.44. The molecule has 2 unspecified atom stereocenters. The normalized spacial score (nSPS) is 15.3. The van der Waals surface area contributed by atoms with Crippen molar-refractivity contribution in [1.82, 2.24) is 9.80 Å². The van der Waals surface area contributed by atoms with Crippen molar-refractivity contribution in [3.8, 4) is 0 Å². The minimum atomic E-state index is 0.266. The highest BCUT2D eigenvalue weighted by Gasteiger charge is 2.24. The second-order valence-corrected chi connectivity index (χ2v) is 6.58. The van der Waals surface area contributed by atoms with Gasteiger partial charge in [0.05, 0.1) is 10.4 Å². The van der Waals surface area contributed by atoms with Crippen LogP contribution in [0.15, 0.2) is 12.1 Å². The molecule has 104 valence electrons. The van der Waals surface area contributed by atoms with Gasteiger partial charge in [0.1, 0.15) is 0 Å². The van der Waals surface area contributed by atoms with Crippen molar-refractivity contribution < 1.29 is 0 Å². The van der Waals surface area contributed by atoms with Gasteiger partial charge in [-0.3, -0.25) is 4.90 Å². The molecule has 0 spiro atoms. The third-order valence-electron chi connectivity index (χ3n) is 3.11. The van der Waals surface area contributed by atoms with Crippen molar-refractivity contribution >= 4 is 22.9 Å². The molecule has 0 saturated heterocycles. The zero-order chi connectivity index (χ0) is 13.7. The SMILES string of the molecule is CCN(C(C)CN(C)C)C(CN)c1ccc(Cl)s1. The molecule has 0 aliphatic carbocycles. The number of hydrogen-bond donors (Lipinski definition) is 1. The molecule has 3 nitrogen and oxygen atoms in total. The first-order valence-electron chi connectivity index (χ1n) is 6.35. The summed E-state index contributed by atoms with van der Waals surface area (Å²) in [6.07, 6.45) is 0. The lowest BCUT2D eigenvalue weighted by Gasteiger charge is -2.35. The summed E-state index contributed by atoms with van der Waals surface area (Å²) in [5.41, 5.74) is 5.97. The number of likely N-dealkylation sites (N-methyl/N-ethyl adjacent to an activating group) is 2. The molecule has 1 heterocycles. The molecule has 0 fully saturated rings. The van der Waals surface area contributed by atoms with E-state index in [4.69, 9.17) is 17.3 Å². The van der Waals surface area contributed by atoms with Gasteiger partial charge in [-0.2, -0.15) is 0 Å². The smallest absolute Gasteiger partial charge is 0.0931 e. The average Bonchev–Trinajstić information content (AvgIpc) is 2.71. The van der Waals surface area contributed by atoms with Gasteiger partial charge in [0.2, 0.25) is 0 Å². The van der Waals surface area contributed by atoms with Crippen molar-refractivity contribution in [1.29, 1.82) is 0 Å². The Hall–Kier alpha value is -0.130. The van der Waals surface area contributed by atoms with E-state index in [1.807, 2.05) is 6.07 Å². The molecular formula is C13H24ClN3S. The number of halogens is 1. The molecule has 2 atom stereocenters. The van der Waals surface area contributed by atoms with Gasteiger partial charge in [0.15, 0.2) is 0 Å². The first kappa shape index (κ1) is 15.9. The molecule has 0 aliphatic rings. The maximum atomic E-state index is 6.02. The average molecular weight is 290 g/mol. The first-order valence-corrected chi connectivity index (χ1v) is 7.54. The zero-order valence-electron chi connectivity index (χ0n) is 11.7. The zero-order valence-corrected chi connectivity index (χ0v) is 13.3. The first-order chi connectivity index (χ1) is 8.49. The van der Waals surface area contributed by atoms with Crippen LogP contribution in [0.25, 0.3) is 0 Å². The molecule has 0 aromatic carbocycles. The van der Waals surface area contributed by atoms with Crippen molar-refractivity contribution in [2.75, 3.05) is 33.7 Å². The van der Waals surface area contributed by atoms with Gasteiger partial charge in [-0.05, 0) is 39.7 Å². The van der Waals surface area contributed by atoms with Crippen LogP contribution in [0, 0.1) is 0 Å². The summed E-state index contributed by atoms with van der Waals surface area (Å²) in [4.78, 5) is 5.92. The Morgan fingerprint density at radius 1 is 1.39 bits per heavy atom. The van der Waals surface area contributed by atoms with E-state index in [9.17, 15) is 0 Å². The highest BCUT2D eigenvalue weighted by atomic mass is 35.5. The Balaban J connectivity index is 2.83. The Bertz CT molecular complexity index is 354. The molecule has 0 amide bonds. The van der Waals surface area contributed by atoms with Crippen molar-refractivity contribution in [2.24, 2.45) is 5.73 Å². The van der Waals surface area contributed by atoms with Crippen molar-refractivity contribution in [3.05, 3.63) is 21.3 Å². The molecule has 0 radical (unpaired) electrons. The molecule has 0 saturated carbocycles. The van der Waals surface area contributed by atoms with Crippen LogP contribution < -0.4 is 5.73 Å². The van der Waals surface area contributed by atoms with Crippen LogP contribution in [0.1, 0.15) is 24.8 Å². The Morgan fingerprint density at radius 3 is 2.44 bits per heavy atom. The van der Waals surface area contributed by atoms with Crippen LogP contribution in [0.2, 0.25) is 4.34 Å². The molecule has 1 rings (SSSR count). The maximum Gasteiger partial charge on any atom is 0.0931 e. The monoisotopic (exact) mass is 289 g/mol. The van der Waals surface area contributed by atoms with Crippen molar-refractivity contribution in [2.45, 2.75) is 25.9 Å². The molecule has 5 heteroatoms. The quantitative estimate of drug-likeness (QED) is 0.838. The van der Waals surface area contributed by atoms with E-state index in [1.165, 1.54) is 4.88 Å². The fourth-order valence-electron chi connectivity index (χ4n) is 2.39. The number of nitrogens with zero attached hydrogens (tertiary/aromatic N) is 2. The summed E-state index contributed by atoms with van der Waals surface area (Å²) in [5.74, 6) is 0. The highest BCUT2D eigenvalue weighted by Crippen LogP contribution is 2.31. The van der Waals surface area contributed by atoms with Gasteiger partial charge in [-0.1, -0.05) is 18.5 Å². The molecule has 18 heavy (non-hydrogen) atoms. The van der Waals surface area contributed by atoms with Gasteiger partial charge in [0, 0.05) is 24.0 Å². The van der Waals surface area contributed by atoms with Gasteiger partial charge in [0.25, 0.3) is 0 Å². The van der Waals surface area contributed by atoms with E-state index < -0.39 is 0 Å². The molecule has 1 aromatic heterocycles. The van der Waals surface area contributed by atoms with Crippen LogP contribution in [0.5, 0.6) is 0 Å². The van der Waals surface area contributed by atoms with E-state index in [-0.39, 0.29) is 6.04 Å². The minimum absolute atomic E-state index is 0.266. The second kappa shape index (κ2) is 7.46. The molecule has 0 aliphatic heterocycles. The maximum absolute atomic E-state index is 6.02. The fourth-order valence-corrected chi connectivity index (χ4v) is 3.59. The minimum Gasteiger partial charge on any atom is -0.329 e. The van der Waals surface area contributed by atoms with Crippen LogP contribution in [0.4, 0.5) is 0 Å². The standard InChI is InChI=1S/C13H24ClN3S/c1-5-17(10(2)9-16(3)4)11(8-15)12-6-7-13(14)18-12/h6-7,10-11H,5,8-9,15H2,1-4H3. The molecular weight excluding hydrogens is 266 g/mol. The lowest BCUT2D eigenvalue weighted by Crippen LogP contribution is -2.44. The summed E-state index contributed by atoms with van der Waals surface area (Å²) < 4.78 is 0.833. The van der Waals surface area contributed by atoms with Gasteiger partial charge in [-0.25, -0.2) is 0 Å². The second-order valence-electron chi connectivity index (χ2n) is 4.84. The third kappa shape index (κ3) is 4.21. The van der Waals surface area contributed by atoms with Crippen LogP contribution in [-0.4, -0.2) is 49.6 Å². The van der Waals surface area contributed by atoms with E-state index in [1.54, 1.807) is 11.3 Å². The fraction of sp³-hybridized carbons (Fsp3) is 0.692. The number of rotatable bonds is 7. The van der Waals surface area contributed by atoms with E-state index in [2.05, 4.69) is 43.8 Å². The lowest BCUT2D eigenvalue weighted by molar-refractivity contribution is 0.133. The topological polar surface area (TPSA) is 32.5 Å². The Morgan fingerprint density at radius 2 is 2.06 bits per heavy atom. The van der Waals surface area contributed by atoms with Gasteiger partial charge >= 0.3 is 0 Å². The molecule has 0 bridgehead atoms. The lowest BCUT2D eigenvalue weighted by atomic mass is 10.1. The number of thiophene rings is 1. The van der Waals surface area contributed by atoms with Gasteiger partial charge in [-0.15, -0.1) is 11.3 Å². The van der Waals surface area contributed by atoms with Crippen LogP contribution >= 0.6 is 22.9 Å². The van der Waals surface area contributed by atoms with E-state index >= 15 is 0 Å². The summed E-state index contributed by atoms with van der Waals surface area (Å²) in [5, 5.41) is 0. The molecule has 1 aromatic rings. The summed E-state index contributed by atoms with van der Waals surface area (Å²) in [6.45, 7) is 7.09. The Labute approximate surface area is 120 Å². The largest absolute Gasteiger partial charge is 0.329 e. The number of nitrogens with two attached hydrogens (primary N) is 1. The summed E-state index contributed by atoms with van der Waals surface area (Å²) in [7, 11) is 4.20. The molecule has 2 N–H and O–H groups in total. The predicted octanol–water partition coefficient (Wildman–Crippen LogP) is 2.67. The van der Waals surface area contributed by atoms with Crippen molar-refractivity contribution in [3.63, 3.8) is 0 Å². The van der Waals surface area contributed by atoms with Crippen LogP contribution in [0.3, 0.4) is 0 Å². The van der Waals surface area contributed by atoms with E-state index in [0.717, 1.165) is 17.4 Å². The predicted molar refractivity (Wildman–Crippen MR) is 81.5 cm³/mol. The number of hydrogen-bond acceptors (Lipinski definition) is 4. The van der Waals surface area contributed by atoms with Crippen LogP contribution in [-0.2, 0) is 0 Å².